The molecular weight excluding hydrogens is 186 g/mol. The van der Waals surface area contributed by atoms with Gasteiger partial charge in [0.25, 0.3) is 0 Å². The minimum atomic E-state index is -0.493. The van der Waals surface area contributed by atoms with Gasteiger partial charge in [0, 0.05) is 0 Å². The maximum Gasteiger partial charge on any atom is 0.0845 e. The molecule has 0 bridgehead atoms. The first kappa shape index (κ1) is 9.37. The third-order valence-electron chi connectivity index (χ3n) is 3.87. The second kappa shape index (κ2) is 3.32. The standard InChI is InChI=1S/C13H17NO/c15-13-7-3-9-14-12(13)11-5-2-1-4-10(11)6-8-13/h1-2,4-5,12,14-15H,3,6-9H2. The lowest BCUT2D eigenvalue weighted by atomic mass is 9.72. The van der Waals surface area contributed by atoms with Gasteiger partial charge in [-0.25, -0.2) is 0 Å². The van der Waals surface area contributed by atoms with Crippen LogP contribution in [0.4, 0.5) is 0 Å². The Balaban J connectivity index is 2.05. The molecule has 2 atom stereocenters. The summed E-state index contributed by atoms with van der Waals surface area (Å²) in [6, 6.07) is 8.66. The summed E-state index contributed by atoms with van der Waals surface area (Å²) in [5.41, 5.74) is 2.22. The first-order chi connectivity index (χ1) is 7.30. The lowest BCUT2D eigenvalue weighted by Gasteiger charge is -2.45. The molecule has 2 aliphatic rings. The summed E-state index contributed by atoms with van der Waals surface area (Å²) in [5, 5.41) is 14.0. The minimum Gasteiger partial charge on any atom is -0.388 e. The van der Waals surface area contributed by atoms with Gasteiger partial charge in [-0.15, -0.1) is 0 Å². The highest BCUT2D eigenvalue weighted by atomic mass is 16.3. The van der Waals surface area contributed by atoms with Crippen molar-refractivity contribution in [1.29, 1.82) is 0 Å². The first-order valence-corrected chi connectivity index (χ1v) is 5.83. The fourth-order valence-electron chi connectivity index (χ4n) is 3.04. The van der Waals surface area contributed by atoms with Gasteiger partial charge in [0.15, 0.2) is 0 Å². The van der Waals surface area contributed by atoms with Crippen LogP contribution in [0.1, 0.15) is 36.4 Å². The van der Waals surface area contributed by atoms with E-state index in [1.807, 2.05) is 0 Å². The fraction of sp³-hybridized carbons (Fsp3) is 0.538. The predicted molar refractivity (Wildman–Crippen MR) is 59.7 cm³/mol. The van der Waals surface area contributed by atoms with E-state index in [4.69, 9.17) is 0 Å². The number of hydrogen-bond donors (Lipinski definition) is 2. The predicted octanol–water partition coefficient (Wildman–Crippen LogP) is 1.79. The van der Waals surface area contributed by atoms with E-state index in [2.05, 4.69) is 29.6 Å². The van der Waals surface area contributed by atoms with E-state index in [-0.39, 0.29) is 6.04 Å². The molecule has 2 unspecified atom stereocenters. The quantitative estimate of drug-likeness (QED) is 0.673. The molecule has 80 valence electrons. The molecule has 1 aliphatic heterocycles. The molecule has 1 fully saturated rings. The van der Waals surface area contributed by atoms with Gasteiger partial charge in [-0.05, 0) is 43.4 Å². The highest BCUT2D eigenvalue weighted by molar-refractivity contribution is 5.35. The molecule has 2 N–H and O–H groups in total. The SMILES string of the molecule is OC12CCCNC1c1ccccc1CC2. The number of piperidine rings is 1. The van der Waals surface area contributed by atoms with Crippen molar-refractivity contribution in [3.8, 4) is 0 Å². The third-order valence-corrected chi connectivity index (χ3v) is 3.87. The molecule has 3 rings (SSSR count). The van der Waals surface area contributed by atoms with Crippen LogP contribution in [-0.2, 0) is 6.42 Å². The molecule has 0 spiro atoms. The van der Waals surface area contributed by atoms with Crippen molar-refractivity contribution in [1.82, 2.24) is 5.32 Å². The second-order valence-corrected chi connectivity index (χ2v) is 4.79. The average molecular weight is 203 g/mol. The van der Waals surface area contributed by atoms with Gasteiger partial charge < -0.3 is 10.4 Å². The van der Waals surface area contributed by atoms with Crippen LogP contribution in [-0.4, -0.2) is 17.3 Å². The topological polar surface area (TPSA) is 32.3 Å². The smallest absolute Gasteiger partial charge is 0.0845 e. The molecule has 1 heterocycles. The largest absolute Gasteiger partial charge is 0.388 e. The molecule has 1 aromatic rings. The molecule has 1 aliphatic carbocycles. The van der Waals surface area contributed by atoms with Crippen LogP contribution < -0.4 is 5.32 Å². The average Bonchev–Trinajstić information content (AvgIpc) is 2.28. The molecular formula is C13H17NO. The van der Waals surface area contributed by atoms with Crippen LogP contribution in [0.2, 0.25) is 0 Å². The van der Waals surface area contributed by atoms with Gasteiger partial charge in [0.05, 0.1) is 11.6 Å². The number of rotatable bonds is 0. The summed E-state index contributed by atoms with van der Waals surface area (Å²) < 4.78 is 0. The second-order valence-electron chi connectivity index (χ2n) is 4.79. The van der Waals surface area contributed by atoms with Crippen LogP contribution in [0.3, 0.4) is 0 Å². The Kier molecular flexibility index (Phi) is 2.08. The molecule has 0 aromatic heterocycles. The summed E-state index contributed by atoms with van der Waals surface area (Å²) in [5.74, 6) is 0. The van der Waals surface area contributed by atoms with Gasteiger partial charge in [-0.3, -0.25) is 0 Å². The van der Waals surface area contributed by atoms with E-state index in [0.29, 0.717) is 0 Å². The Labute approximate surface area is 90.3 Å². The van der Waals surface area contributed by atoms with Gasteiger partial charge in [0.2, 0.25) is 0 Å². The van der Waals surface area contributed by atoms with Gasteiger partial charge in [0.1, 0.15) is 0 Å². The van der Waals surface area contributed by atoms with Gasteiger partial charge in [-0.1, -0.05) is 24.3 Å². The lowest BCUT2D eigenvalue weighted by molar-refractivity contribution is -0.0374. The monoisotopic (exact) mass is 203 g/mol. The van der Waals surface area contributed by atoms with Crippen LogP contribution in [0.5, 0.6) is 0 Å². The van der Waals surface area contributed by atoms with E-state index >= 15 is 0 Å². The molecule has 1 aromatic carbocycles. The Morgan fingerprint density at radius 3 is 3.07 bits per heavy atom. The number of hydrogen-bond acceptors (Lipinski definition) is 2. The number of aliphatic hydroxyl groups is 1. The molecule has 0 radical (unpaired) electrons. The number of fused-ring (bicyclic) bond motifs is 3. The maximum absolute atomic E-state index is 10.6. The summed E-state index contributed by atoms with van der Waals surface area (Å²) in [7, 11) is 0. The summed E-state index contributed by atoms with van der Waals surface area (Å²) in [4.78, 5) is 0. The number of nitrogens with one attached hydrogen (secondary N) is 1. The summed E-state index contributed by atoms with van der Waals surface area (Å²) in [6.07, 6.45) is 3.96. The van der Waals surface area contributed by atoms with Crippen molar-refractivity contribution in [2.45, 2.75) is 37.3 Å². The summed E-state index contributed by atoms with van der Waals surface area (Å²) in [6.45, 7) is 1.03. The van der Waals surface area contributed by atoms with E-state index in [1.54, 1.807) is 0 Å². The van der Waals surface area contributed by atoms with Crippen molar-refractivity contribution in [2.24, 2.45) is 0 Å². The number of benzene rings is 1. The molecule has 2 heteroatoms. The van der Waals surface area contributed by atoms with E-state index in [1.165, 1.54) is 11.1 Å². The van der Waals surface area contributed by atoms with E-state index in [0.717, 1.165) is 32.2 Å². The van der Waals surface area contributed by atoms with Crippen LogP contribution in [0.25, 0.3) is 0 Å². The zero-order valence-corrected chi connectivity index (χ0v) is 8.87. The van der Waals surface area contributed by atoms with E-state index < -0.39 is 5.60 Å². The lowest BCUT2D eigenvalue weighted by Crippen LogP contribution is -2.51. The first-order valence-electron chi connectivity index (χ1n) is 5.83. The minimum absolute atomic E-state index is 0.163. The van der Waals surface area contributed by atoms with Gasteiger partial charge >= 0.3 is 0 Å². The molecule has 15 heavy (non-hydrogen) atoms. The fourth-order valence-corrected chi connectivity index (χ4v) is 3.04. The van der Waals surface area contributed by atoms with Gasteiger partial charge in [-0.2, -0.15) is 0 Å². The Hall–Kier alpha value is -0.860. The normalized spacial score (nSPS) is 34.3. The van der Waals surface area contributed by atoms with Crippen molar-refractivity contribution in [3.63, 3.8) is 0 Å². The Morgan fingerprint density at radius 1 is 1.27 bits per heavy atom. The highest BCUT2D eigenvalue weighted by Gasteiger charge is 2.42. The molecule has 2 nitrogen and oxygen atoms in total. The zero-order valence-electron chi connectivity index (χ0n) is 8.87. The van der Waals surface area contributed by atoms with Crippen molar-refractivity contribution < 1.29 is 5.11 Å². The van der Waals surface area contributed by atoms with Crippen LogP contribution in [0, 0.1) is 0 Å². The zero-order chi connectivity index (χ0) is 10.3. The highest BCUT2D eigenvalue weighted by Crippen LogP contribution is 2.41. The number of aryl methyl sites for hydroxylation is 1. The van der Waals surface area contributed by atoms with Crippen molar-refractivity contribution in [3.05, 3.63) is 35.4 Å². The van der Waals surface area contributed by atoms with Crippen LogP contribution >= 0.6 is 0 Å². The maximum atomic E-state index is 10.6. The van der Waals surface area contributed by atoms with Crippen LogP contribution in [0.15, 0.2) is 24.3 Å². The summed E-state index contributed by atoms with van der Waals surface area (Å²) >= 11 is 0. The molecule has 0 amide bonds. The molecule has 0 saturated carbocycles. The third kappa shape index (κ3) is 1.40. The van der Waals surface area contributed by atoms with E-state index in [9.17, 15) is 5.11 Å². The Morgan fingerprint density at radius 2 is 2.13 bits per heavy atom. The Bertz CT molecular complexity index is 377. The van der Waals surface area contributed by atoms with Crippen molar-refractivity contribution in [2.75, 3.05) is 6.54 Å². The van der Waals surface area contributed by atoms with Crippen molar-refractivity contribution >= 4 is 0 Å². The molecule has 1 saturated heterocycles.